The first-order chi connectivity index (χ1) is 8.34. The van der Waals surface area contributed by atoms with Gasteiger partial charge in [-0.05, 0) is 47.8 Å². The van der Waals surface area contributed by atoms with E-state index in [4.69, 9.17) is 0 Å². The van der Waals surface area contributed by atoms with Crippen molar-refractivity contribution >= 4 is 15.9 Å². The summed E-state index contributed by atoms with van der Waals surface area (Å²) in [5, 5.41) is 15.1. The lowest BCUT2D eigenvalue weighted by Gasteiger charge is -2.27. The predicted molar refractivity (Wildman–Crippen MR) is 75.5 cm³/mol. The fourth-order valence-corrected chi connectivity index (χ4v) is 3.08. The molecule has 18 heavy (non-hydrogen) atoms. The van der Waals surface area contributed by atoms with Gasteiger partial charge in [0, 0.05) is 7.05 Å². The molecule has 1 heterocycles. The third-order valence-electron chi connectivity index (χ3n) is 3.27. The van der Waals surface area contributed by atoms with Gasteiger partial charge < -0.3 is 5.11 Å². The summed E-state index contributed by atoms with van der Waals surface area (Å²) in [4.78, 5) is 0. The molecule has 0 saturated heterocycles. The molecule has 1 N–H and O–H groups in total. The molecule has 0 bridgehead atoms. The highest BCUT2D eigenvalue weighted by atomic mass is 79.9. The first-order valence-corrected chi connectivity index (χ1v) is 6.61. The highest BCUT2D eigenvalue weighted by molar-refractivity contribution is 9.10. The minimum atomic E-state index is -1.07. The van der Waals surface area contributed by atoms with Gasteiger partial charge in [-0.3, -0.25) is 4.68 Å². The molecule has 96 valence electrons. The molecule has 2 rings (SSSR count). The Morgan fingerprint density at radius 2 is 2.00 bits per heavy atom. The van der Waals surface area contributed by atoms with E-state index >= 15 is 0 Å². The number of aliphatic hydroxyl groups is 1. The lowest BCUT2D eigenvalue weighted by Crippen LogP contribution is -2.27. The smallest absolute Gasteiger partial charge is 0.130 e. The highest BCUT2D eigenvalue weighted by Gasteiger charge is 2.32. The monoisotopic (exact) mass is 308 g/mol. The Morgan fingerprint density at radius 3 is 2.56 bits per heavy atom. The van der Waals surface area contributed by atoms with Crippen LogP contribution in [0.3, 0.4) is 0 Å². The van der Waals surface area contributed by atoms with Crippen molar-refractivity contribution < 1.29 is 5.11 Å². The second kappa shape index (κ2) is 4.52. The molecule has 1 atom stereocenters. The Balaban J connectivity index is 2.64. The van der Waals surface area contributed by atoms with Crippen molar-refractivity contribution in [3.63, 3.8) is 0 Å². The Labute approximate surface area is 116 Å². The molecular formula is C14H17BrN2O. The average Bonchev–Trinajstić information content (AvgIpc) is 2.62. The standard InChI is InChI=1S/C14H17BrN2O/c1-9-5-6-10(2)11(7-9)14(3,18)13-12(15)8-16-17(13)4/h5-8,18H,1-4H3. The molecule has 0 aliphatic rings. The van der Waals surface area contributed by atoms with Crippen molar-refractivity contribution in [1.29, 1.82) is 0 Å². The van der Waals surface area contributed by atoms with Crippen LogP contribution in [0.15, 0.2) is 28.9 Å². The highest BCUT2D eigenvalue weighted by Crippen LogP contribution is 2.35. The van der Waals surface area contributed by atoms with Crippen molar-refractivity contribution in [3.05, 3.63) is 51.3 Å². The molecule has 3 nitrogen and oxygen atoms in total. The van der Waals surface area contributed by atoms with Crippen LogP contribution in [0.1, 0.15) is 29.3 Å². The Bertz CT molecular complexity index is 568. The lowest BCUT2D eigenvalue weighted by atomic mass is 9.88. The number of hydrogen-bond donors (Lipinski definition) is 1. The number of halogens is 1. The van der Waals surface area contributed by atoms with Crippen LogP contribution in [0.5, 0.6) is 0 Å². The van der Waals surface area contributed by atoms with Gasteiger partial charge in [-0.1, -0.05) is 23.8 Å². The molecule has 0 spiro atoms. The molecule has 1 unspecified atom stereocenters. The molecule has 1 aromatic carbocycles. The molecular weight excluding hydrogens is 292 g/mol. The topological polar surface area (TPSA) is 38.1 Å². The summed E-state index contributed by atoms with van der Waals surface area (Å²) in [5.41, 5.74) is 2.80. The van der Waals surface area contributed by atoms with E-state index in [9.17, 15) is 5.11 Å². The molecule has 0 saturated carbocycles. The first-order valence-electron chi connectivity index (χ1n) is 5.82. The lowest BCUT2D eigenvalue weighted by molar-refractivity contribution is 0.0914. The van der Waals surface area contributed by atoms with E-state index in [1.165, 1.54) is 0 Å². The fraction of sp³-hybridized carbons (Fsp3) is 0.357. The second-order valence-corrected chi connectivity index (χ2v) is 5.71. The summed E-state index contributed by atoms with van der Waals surface area (Å²) in [6, 6.07) is 6.10. The van der Waals surface area contributed by atoms with Crippen LogP contribution in [0, 0.1) is 13.8 Å². The maximum Gasteiger partial charge on any atom is 0.130 e. The maximum absolute atomic E-state index is 10.9. The Morgan fingerprint density at radius 1 is 1.33 bits per heavy atom. The molecule has 2 aromatic rings. The number of aromatic nitrogens is 2. The zero-order chi connectivity index (χ0) is 13.5. The van der Waals surface area contributed by atoms with Crippen LogP contribution in [-0.2, 0) is 12.6 Å². The van der Waals surface area contributed by atoms with Gasteiger partial charge in [0.15, 0.2) is 0 Å². The Kier molecular flexibility index (Phi) is 3.34. The van der Waals surface area contributed by atoms with Crippen molar-refractivity contribution in [1.82, 2.24) is 9.78 Å². The van der Waals surface area contributed by atoms with Crippen molar-refractivity contribution in [3.8, 4) is 0 Å². The number of benzene rings is 1. The van der Waals surface area contributed by atoms with Crippen LogP contribution in [0.25, 0.3) is 0 Å². The van der Waals surface area contributed by atoms with Crippen LogP contribution in [0.2, 0.25) is 0 Å². The van der Waals surface area contributed by atoms with Crippen LogP contribution in [-0.4, -0.2) is 14.9 Å². The minimum absolute atomic E-state index is 0.760. The van der Waals surface area contributed by atoms with E-state index < -0.39 is 5.60 Å². The quantitative estimate of drug-likeness (QED) is 0.926. The summed E-state index contributed by atoms with van der Waals surface area (Å²) < 4.78 is 2.52. The van der Waals surface area contributed by atoms with Gasteiger partial charge in [-0.2, -0.15) is 5.10 Å². The Hall–Kier alpha value is -1.13. The number of hydrogen-bond acceptors (Lipinski definition) is 2. The normalized spacial score (nSPS) is 14.6. The summed E-state index contributed by atoms with van der Waals surface area (Å²) in [6.45, 7) is 5.83. The summed E-state index contributed by atoms with van der Waals surface area (Å²) in [6.07, 6.45) is 1.70. The fourth-order valence-electron chi connectivity index (χ4n) is 2.35. The molecule has 0 fully saturated rings. The van der Waals surface area contributed by atoms with Gasteiger partial charge in [-0.15, -0.1) is 0 Å². The number of rotatable bonds is 2. The molecule has 1 aromatic heterocycles. The van der Waals surface area contributed by atoms with Crippen molar-refractivity contribution in [2.45, 2.75) is 26.4 Å². The summed E-state index contributed by atoms with van der Waals surface area (Å²) in [5.74, 6) is 0. The van der Waals surface area contributed by atoms with Crippen LogP contribution >= 0.6 is 15.9 Å². The third kappa shape index (κ3) is 2.10. The van der Waals surface area contributed by atoms with E-state index in [1.54, 1.807) is 17.8 Å². The van der Waals surface area contributed by atoms with E-state index in [0.717, 1.165) is 26.9 Å². The number of aryl methyl sites for hydroxylation is 3. The third-order valence-corrected chi connectivity index (χ3v) is 3.85. The van der Waals surface area contributed by atoms with Crippen molar-refractivity contribution in [2.24, 2.45) is 7.05 Å². The van der Waals surface area contributed by atoms with Crippen LogP contribution in [0.4, 0.5) is 0 Å². The van der Waals surface area contributed by atoms with Gasteiger partial charge in [-0.25, -0.2) is 0 Å². The van der Waals surface area contributed by atoms with E-state index in [0.29, 0.717) is 0 Å². The average molecular weight is 309 g/mol. The molecule has 0 aliphatic carbocycles. The van der Waals surface area contributed by atoms with Gasteiger partial charge in [0.2, 0.25) is 0 Å². The summed E-state index contributed by atoms with van der Waals surface area (Å²) in [7, 11) is 1.83. The maximum atomic E-state index is 10.9. The van der Waals surface area contributed by atoms with Gasteiger partial charge >= 0.3 is 0 Å². The molecule has 0 radical (unpaired) electrons. The van der Waals surface area contributed by atoms with Gasteiger partial charge in [0.05, 0.1) is 16.4 Å². The first kappa shape index (κ1) is 13.3. The minimum Gasteiger partial charge on any atom is -0.379 e. The number of nitrogens with zero attached hydrogens (tertiary/aromatic N) is 2. The largest absolute Gasteiger partial charge is 0.379 e. The second-order valence-electron chi connectivity index (χ2n) is 4.86. The van der Waals surface area contributed by atoms with E-state index in [1.807, 2.05) is 39.1 Å². The zero-order valence-electron chi connectivity index (χ0n) is 11.0. The predicted octanol–water partition coefficient (Wildman–Crippen LogP) is 3.06. The van der Waals surface area contributed by atoms with Gasteiger partial charge in [0.25, 0.3) is 0 Å². The van der Waals surface area contributed by atoms with Crippen molar-refractivity contribution in [2.75, 3.05) is 0 Å². The zero-order valence-corrected chi connectivity index (χ0v) is 12.6. The van der Waals surface area contributed by atoms with Gasteiger partial charge in [0.1, 0.15) is 5.60 Å². The summed E-state index contributed by atoms with van der Waals surface area (Å²) >= 11 is 3.45. The van der Waals surface area contributed by atoms with E-state index in [-0.39, 0.29) is 0 Å². The van der Waals surface area contributed by atoms with Crippen LogP contribution < -0.4 is 0 Å². The molecule has 0 amide bonds. The molecule has 0 aliphatic heterocycles. The SMILES string of the molecule is Cc1ccc(C)c(C(C)(O)c2c(Br)cnn2C)c1. The van der Waals surface area contributed by atoms with E-state index in [2.05, 4.69) is 21.0 Å². The molecule has 4 heteroatoms.